The predicted molar refractivity (Wildman–Crippen MR) is 97.7 cm³/mol. The van der Waals surface area contributed by atoms with E-state index in [0.717, 1.165) is 39.0 Å². The summed E-state index contributed by atoms with van der Waals surface area (Å²) >= 11 is 0. The topological polar surface area (TPSA) is 44.4 Å². The zero-order valence-electron chi connectivity index (χ0n) is 15.1. The molecule has 3 atom stereocenters. The molecule has 0 radical (unpaired) electrons. The fourth-order valence-electron chi connectivity index (χ4n) is 3.99. The van der Waals surface area contributed by atoms with Crippen LogP contribution in [-0.2, 0) is 11.3 Å². The molecular weight excluding hydrogens is 298 g/mol. The average Bonchev–Trinajstić information content (AvgIpc) is 3.05. The summed E-state index contributed by atoms with van der Waals surface area (Å²) in [5.74, 6) is 0.723. The summed E-state index contributed by atoms with van der Waals surface area (Å²) in [4.78, 5) is 15.2. The van der Waals surface area contributed by atoms with E-state index in [4.69, 9.17) is 0 Å². The molecular formula is C20H31N3O. The zero-order valence-corrected chi connectivity index (χ0v) is 15.1. The lowest BCUT2D eigenvalue weighted by atomic mass is 9.89. The Morgan fingerprint density at radius 2 is 2.17 bits per heavy atom. The first-order chi connectivity index (χ1) is 11.6. The Labute approximate surface area is 146 Å². The molecule has 132 valence electrons. The number of hydrogen-bond donors (Lipinski definition) is 2. The molecule has 24 heavy (non-hydrogen) atoms. The van der Waals surface area contributed by atoms with Crippen molar-refractivity contribution in [3.05, 3.63) is 35.9 Å². The van der Waals surface area contributed by atoms with Crippen molar-refractivity contribution in [3.8, 4) is 0 Å². The number of carbonyl (C=O) groups excluding carboxylic acids is 1. The minimum Gasteiger partial charge on any atom is -0.352 e. The Morgan fingerprint density at radius 1 is 1.38 bits per heavy atom. The fourth-order valence-corrected chi connectivity index (χ4v) is 3.99. The summed E-state index contributed by atoms with van der Waals surface area (Å²) < 4.78 is 0. The van der Waals surface area contributed by atoms with Gasteiger partial charge in [0.05, 0.1) is 5.54 Å². The number of rotatable bonds is 5. The van der Waals surface area contributed by atoms with E-state index in [1.54, 1.807) is 0 Å². The second kappa shape index (κ2) is 7.66. The van der Waals surface area contributed by atoms with Gasteiger partial charge in [-0.2, -0.15) is 0 Å². The van der Waals surface area contributed by atoms with E-state index in [0.29, 0.717) is 5.92 Å². The van der Waals surface area contributed by atoms with Gasteiger partial charge in [-0.3, -0.25) is 9.69 Å². The molecule has 1 aromatic carbocycles. The van der Waals surface area contributed by atoms with Crippen LogP contribution in [0.5, 0.6) is 0 Å². The first-order valence-corrected chi connectivity index (χ1v) is 9.39. The monoisotopic (exact) mass is 329 g/mol. The van der Waals surface area contributed by atoms with Gasteiger partial charge in [-0.05, 0) is 64.1 Å². The molecule has 2 aliphatic rings. The highest BCUT2D eigenvalue weighted by Crippen LogP contribution is 2.23. The van der Waals surface area contributed by atoms with Crippen molar-refractivity contribution in [2.45, 2.75) is 57.7 Å². The van der Waals surface area contributed by atoms with Crippen molar-refractivity contribution in [1.82, 2.24) is 15.5 Å². The van der Waals surface area contributed by atoms with Gasteiger partial charge in [-0.15, -0.1) is 0 Å². The first kappa shape index (κ1) is 17.4. The number of nitrogens with one attached hydrogen (secondary N) is 2. The molecule has 0 spiro atoms. The smallest absolute Gasteiger partial charge is 0.240 e. The van der Waals surface area contributed by atoms with Gasteiger partial charge in [0.1, 0.15) is 0 Å². The Kier molecular flexibility index (Phi) is 5.57. The molecule has 1 aromatic rings. The number of hydrogen-bond acceptors (Lipinski definition) is 3. The second-order valence-electron chi connectivity index (χ2n) is 7.75. The Balaban J connectivity index is 1.49. The largest absolute Gasteiger partial charge is 0.352 e. The van der Waals surface area contributed by atoms with E-state index in [1.807, 2.05) is 6.92 Å². The zero-order chi connectivity index (χ0) is 17.0. The van der Waals surface area contributed by atoms with Gasteiger partial charge in [0.2, 0.25) is 5.91 Å². The maximum Gasteiger partial charge on any atom is 0.240 e. The first-order valence-electron chi connectivity index (χ1n) is 9.39. The quantitative estimate of drug-likeness (QED) is 0.872. The number of carbonyl (C=O) groups is 1. The molecule has 0 aliphatic carbocycles. The van der Waals surface area contributed by atoms with Crippen LogP contribution >= 0.6 is 0 Å². The van der Waals surface area contributed by atoms with Gasteiger partial charge in [-0.1, -0.05) is 30.3 Å². The molecule has 2 fully saturated rings. The van der Waals surface area contributed by atoms with Crippen LogP contribution in [0.15, 0.2) is 30.3 Å². The molecule has 2 saturated heterocycles. The minimum absolute atomic E-state index is 0.177. The lowest BCUT2D eigenvalue weighted by molar-refractivity contribution is -0.128. The van der Waals surface area contributed by atoms with Crippen molar-refractivity contribution >= 4 is 5.91 Å². The van der Waals surface area contributed by atoms with Gasteiger partial charge in [0.25, 0.3) is 0 Å². The molecule has 0 aromatic heterocycles. The number of nitrogens with zero attached hydrogens (tertiary/aromatic N) is 1. The van der Waals surface area contributed by atoms with Crippen LogP contribution < -0.4 is 10.6 Å². The van der Waals surface area contributed by atoms with E-state index in [9.17, 15) is 4.79 Å². The highest BCUT2D eigenvalue weighted by Gasteiger charge is 2.36. The SMILES string of the molecule is CC(NC(=O)C1(C)CCCCN1)C1CCN(Cc2ccccc2)C1. The highest BCUT2D eigenvalue weighted by atomic mass is 16.2. The molecule has 0 bridgehead atoms. The van der Waals surface area contributed by atoms with Crippen molar-refractivity contribution < 1.29 is 4.79 Å². The highest BCUT2D eigenvalue weighted by molar-refractivity contribution is 5.86. The summed E-state index contributed by atoms with van der Waals surface area (Å²) in [7, 11) is 0. The van der Waals surface area contributed by atoms with Crippen molar-refractivity contribution in [2.75, 3.05) is 19.6 Å². The van der Waals surface area contributed by atoms with Crippen LogP contribution in [0, 0.1) is 5.92 Å². The van der Waals surface area contributed by atoms with Crippen molar-refractivity contribution in [2.24, 2.45) is 5.92 Å². The Hall–Kier alpha value is -1.39. The lowest BCUT2D eigenvalue weighted by Crippen LogP contribution is -2.59. The summed E-state index contributed by atoms with van der Waals surface area (Å²) in [6.45, 7) is 8.37. The molecule has 2 aliphatic heterocycles. The number of benzene rings is 1. The van der Waals surface area contributed by atoms with E-state index >= 15 is 0 Å². The van der Waals surface area contributed by atoms with Crippen molar-refractivity contribution in [1.29, 1.82) is 0 Å². The summed E-state index contributed by atoms with van der Waals surface area (Å²) in [6.07, 6.45) is 4.42. The summed E-state index contributed by atoms with van der Waals surface area (Å²) in [6, 6.07) is 10.9. The van der Waals surface area contributed by atoms with Gasteiger partial charge in [-0.25, -0.2) is 0 Å². The van der Waals surface area contributed by atoms with E-state index in [1.165, 1.54) is 18.4 Å². The van der Waals surface area contributed by atoms with Crippen LogP contribution in [0.3, 0.4) is 0 Å². The predicted octanol–water partition coefficient (Wildman–Crippen LogP) is 2.55. The van der Waals surface area contributed by atoms with Crippen LogP contribution in [0.2, 0.25) is 0 Å². The maximum absolute atomic E-state index is 12.7. The molecule has 3 unspecified atom stereocenters. The van der Waals surface area contributed by atoms with E-state index in [-0.39, 0.29) is 17.5 Å². The lowest BCUT2D eigenvalue weighted by Gasteiger charge is -2.35. The fraction of sp³-hybridized carbons (Fsp3) is 0.650. The second-order valence-corrected chi connectivity index (χ2v) is 7.75. The molecule has 3 rings (SSSR count). The van der Waals surface area contributed by atoms with Crippen LogP contribution in [0.1, 0.15) is 45.1 Å². The molecule has 0 saturated carbocycles. The molecule has 2 heterocycles. The van der Waals surface area contributed by atoms with Gasteiger partial charge >= 0.3 is 0 Å². The third-order valence-corrected chi connectivity index (χ3v) is 5.74. The minimum atomic E-state index is -0.380. The summed E-state index contributed by atoms with van der Waals surface area (Å²) in [5.41, 5.74) is 0.989. The van der Waals surface area contributed by atoms with Crippen LogP contribution in [-0.4, -0.2) is 42.0 Å². The number of piperidine rings is 1. The molecule has 4 nitrogen and oxygen atoms in total. The molecule has 4 heteroatoms. The molecule has 1 amide bonds. The third kappa shape index (κ3) is 4.17. The molecule has 2 N–H and O–H groups in total. The number of amides is 1. The Bertz CT molecular complexity index is 539. The maximum atomic E-state index is 12.7. The van der Waals surface area contributed by atoms with Crippen LogP contribution in [0.4, 0.5) is 0 Å². The summed E-state index contributed by atoms with van der Waals surface area (Å²) in [5, 5.41) is 6.70. The van der Waals surface area contributed by atoms with Gasteiger partial charge < -0.3 is 10.6 Å². The van der Waals surface area contributed by atoms with E-state index in [2.05, 4.69) is 52.8 Å². The van der Waals surface area contributed by atoms with Gasteiger partial charge in [0, 0.05) is 19.1 Å². The average molecular weight is 329 g/mol. The number of likely N-dealkylation sites (tertiary alicyclic amines) is 1. The van der Waals surface area contributed by atoms with Crippen molar-refractivity contribution in [3.63, 3.8) is 0 Å². The standard InChI is InChI=1S/C20H31N3O/c1-16(22-19(24)20(2)11-6-7-12-21-20)18-10-13-23(15-18)14-17-8-4-3-5-9-17/h3-5,8-9,16,18,21H,6-7,10-15H2,1-2H3,(H,22,24). The third-order valence-electron chi connectivity index (χ3n) is 5.74. The van der Waals surface area contributed by atoms with E-state index < -0.39 is 0 Å². The van der Waals surface area contributed by atoms with Crippen LogP contribution in [0.25, 0.3) is 0 Å². The Morgan fingerprint density at radius 3 is 2.88 bits per heavy atom. The normalized spacial score (nSPS) is 29.3. The van der Waals surface area contributed by atoms with Gasteiger partial charge in [0.15, 0.2) is 0 Å².